The average molecular weight is 717 g/mol. The van der Waals surface area contributed by atoms with Crippen LogP contribution < -0.4 is 0 Å². The number of imide groups is 1. The number of phenols is 3. The van der Waals surface area contributed by atoms with Crippen molar-refractivity contribution in [3.8, 4) is 17.2 Å². The largest absolute Gasteiger partial charge is 0.508 e. The number of carbonyl (C=O) groups is 2. The minimum absolute atomic E-state index is 0.0259. The summed E-state index contributed by atoms with van der Waals surface area (Å²) in [4.78, 5) is 28.3. The van der Waals surface area contributed by atoms with E-state index >= 15 is 0 Å². The Labute approximate surface area is 228 Å². The SMILES string of the molecule is O=C1C(c2cc(Br)c(O)c(Br)c2)=C(c2cc(Br)c(O)c(Br)c2)C(=O)N1CCc1ccc(O)cc1. The third kappa shape index (κ3) is 4.68. The van der Waals surface area contributed by atoms with E-state index < -0.39 is 11.8 Å². The van der Waals surface area contributed by atoms with E-state index in [1.54, 1.807) is 48.5 Å². The highest BCUT2D eigenvalue weighted by molar-refractivity contribution is 9.11. The van der Waals surface area contributed by atoms with E-state index in [2.05, 4.69) is 63.7 Å². The van der Waals surface area contributed by atoms with Crippen molar-refractivity contribution in [1.29, 1.82) is 0 Å². The van der Waals surface area contributed by atoms with Gasteiger partial charge in [0.25, 0.3) is 11.8 Å². The number of rotatable bonds is 5. The molecule has 6 nitrogen and oxygen atoms in total. The zero-order valence-corrected chi connectivity index (χ0v) is 23.5. The molecule has 0 saturated carbocycles. The highest BCUT2D eigenvalue weighted by atomic mass is 79.9. The number of amides is 2. The lowest BCUT2D eigenvalue weighted by Crippen LogP contribution is -2.33. The molecule has 0 radical (unpaired) electrons. The van der Waals surface area contributed by atoms with Crippen molar-refractivity contribution in [1.82, 2.24) is 4.90 Å². The fourth-order valence-electron chi connectivity index (χ4n) is 3.64. The first-order chi connectivity index (χ1) is 16.1. The smallest absolute Gasteiger partial charge is 0.262 e. The molecule has 1 aliphatic heterocycles. The Bertz CT molecular complexity index is 1240. The maximum atomic E-state index is 13.6. The summed E-state index contributed by atoms with van der Waals surface area (Å²) in [5.41, 5.74) is 2.11. The Hall–Kier alpha value is -2.14. The molecule has 0 atom stereocenters. The van der Waals surface area contributed by atoms with E-state index in [1.165, 1.54) is 4.90 Å². The Morgan fingerprint density at radius 3 is 1.41 bits per heavy atom. The standard InChI is InChI=1S/C24H15Br4NO5/c25-15-7-12(8-16(26)21(15)31)19-20(13-9-17(27)22(32)18(28)10-13)24(34)29(23(19)33)6-5-11-1-3-14(30)4-2-11/h1-4,7-10,30-32H,5-6H2. The maximum Gasteiger partial charge on any atom is 0.262 e. The zero-order valence-electron chi connectivity index (χ0n) is 17.2. The van der Waals surface area contributed by atoms with Gasteiger partial charge in [-0.1, -0.05) is 12.1 Å². The molecule has 2 amide bonds. The summed E-state index contributed by atoms with van der Waals surface area (Å²) >= 11 is 13.2. The number of hydrogen-bond acceptors (Lipinski definition) is 5. The second-order valence-electron chi connectivity index (χ2n) is 7.51. The zero-order chi connectivity index (χ0) is 24.7. The summed E-state index contributed by atoms with van der Waals surface area (Å²) < 4.78 is 1.44. The maximum absolute atomic E-state index is 13.6. The predicted octanol–water partition coefficient (Wildman–Crippen LogP) is 6.38. The van der Waals surface area contributed by atoms with Crippen LogP contribution in [0.2, 0.25) is 0 Å². The first-order valence-electron chi connectivity index (χ1n) is 9.83. The van der Waals surface area contributed by atoms with Gasteiger partial charge in [-0.15, -0.1) is 0 Å². The van der Waals surface area contributed by atoms with Crippen LogP contribution in [0.5, 0.6) is 17.2 Å². The van der Waals surface area contributed by atoms with Gasteiger partial charge in [0.15, 0.2) is 0 Å². The molecule has 0 spiro atoms. The van der Waals surface area contributed by atoms with Gasteiger partial charge in [0.2, 0.25) is 0 Å². The van der Waals surface area contributed by atoms with E-state index in [0.717, 1.165) is 5.56 Å². The molecule has 174 valence electrons. The summed E-state index contributed by atoms with van der Waals surface area (Å²) in [5.74, 6) is -0.855. The molecule has 0 unspecified atom stereocenters. The van der Waals surface area contributed by atoms with Crippen LogP contribution in [0.1, 0.15) is 16.7 Å². The van der Waals surface area contributed by atoms with Crippen molar-refractivity contribution in [2.24, 2.45) is 0 Å². The van der Waals surface area contributed by atoms with E-state index in [0.29, 0.717) is 35.4 Å². The molecule has 1 aliphatic rings. The summed E-state index contributed by atoms with van der Waals surface area (Å²) in [6.45, 7) is 0.135. The summed E-state index contributed by atoms with van der Waals surface area (Å²) in [5, 5.41) is 29.8. The van der Waals surface area contributed by atoms with Gasteiger partial charge < -0.3 is 15.3 Å². The Morgan fingerprint density at radius 1 is 0.647 bits per heavy atom. The van der Waals surface area contributed by atoms with Gasteiger partial charge in [-0.05, 0) is 123 Å². The van der Waals surface area contributed by atoms with Crippen LogP contribution in [0.3, 0.4) is 0 Å². The number of phenolic OH excluding ortho intramolecular Hbond substituents is 3. The monoisotopic (exact) mass is 713 g/mol. The van der Waals surface area contributed by atoms with E-state index in [9.17, 15) is 24.9 Å². The number of halogens is 4. The lowest BCUT2D eigenvalue weighted by Gasteiger charge is -2.15. The van der Waals surface area contributed by atoms with E-state index in [-0.39, 0.29) is 34.9 Å². The molecule has 3 N–H and O–H groups in total. The van der Waals surface area contributed by atoms with Gasteiger partial charge in [0.1, 0.15) is 17.2 Å². The first kappa shape index (κ1) is 25.0. The molecule has 0 saturated heterocycles. The number of carbonyl (C=O) groups excluding carboxylic acids is 2. The van der Waals surface area contributed by atoms with Gasteiger partial charge in [-0.2, -0.15) is 0 Å². The van der Waals surface area contributed by atoms with Crippen molar-refractivity contribution in [2.45, 2.75) is 6.42 Å². The van der Waals surface area contributed by atoms with Gasteiger partial charge >= 0.3 is 0 Å². The molecule has 0 fully saturated rings. The number of hydrogen-bond donors (Lipinski definition) is 3. The van der Waals surface area contributed by atoms with Crippen molar-refractivity contribution in [3.05, 3.63) is 83.1 Å². The van der Waals surface area contributed by atoms with Crippen molar-refractivity contribution < 1.29 is 24.9 Å². The molecule has 10 heteroatoms. The molecule has 1 heterocycles. The quantitative estimate of drug-likeness (QED) is 0.267. The van der Waals surface area contributed by atoms with E-state index in [4.69, 9.17) is 0 Å². The third-order valence-corrected chi connectivity index (χ3v) is 7.76. The van der Waals surface area contributed by atoms with Crippen LogP contribution in [-0.2, 0) is 16.0 Å². The van der Waals surface area contributed by atoms with Crippen LogP contribution in [0.15, 0.2) is 66.4 Å². The van der Waals surface area contributed by atoms with Crippen LogP contribution in [0.4, 0.5) is 0 Å². The minimum atomic E-state index is -0.469. The molecular formula is C24H15Br4NO5. The number of nitrogens with zero attached hydrogens (tertiary/aromatic N) is 1. The molecule has 4 rings (SSSR count). The fourth-order valence-corrected chi connectivity index (χ4v) is 6.01. The first-order valence-corrected chi connectivity index (χ1v) is 13.0. The molecular weight excluding hydrogens is 702 g/mol. The molecule has 3 aromatic rings. The van der Waals surface area contributed by atoms with Crippen LogP contribution in [0, 0.1) is 0 Å². The third-order valence-electron chi connectivity index (χ3n) is 5.34. The van der Waals surface area contributed by atoms with Crippen LogP contribution in [0.25, 0.3) is 11.1 Å². The topological polar surface area (TPSA) is 98.1 Å². The van der Waals surface area contributed by atoms with Gasteiger partial charge in [0.05, 0.1) is 29.0 Å². The van der Waals surface area contributed by atoms with Crippen molar-refractivity contribution >= 4 is 86.7 Å². The van der Waals surface area contributed by atoms with E-state index in [1.807, 2.05) is 0 Å². The molecule has 0 aliphatic carbocycles. The highest BCUT2D eigenvalue weighted by Gasteiger charge is 2.40. The van der Waals surface area contributed by atoms with Crippen LogP contribution in [-0.4, -0.2) is 38.6 Å². The molecule has 3 aromatic carbocycles. The molecule has 0 bridgehead atoms. The lowest BCUT2D eigenvalue weighted by atomic mass is 9.96. The van der Waals surface area contributed by atoms with Gasteiger partial charge in [0, 0.05) is 6.54 Å². The predicted molar refractivity (Wildman–Crippen MR) is 142 cm³/mol. The Balaban J connectivity index is 1.82. The normalized spacial score (nSPS) is 13.8. The number of benzene rings is 3. The highest BCUT2D eigenvalue weighted by Crippen LogP contribution is 2.43. The van der Waals surface area contributed by atoms with Gasteiger partial charge in [-0.25, -0.2) is 0 Å². The second-order valence-corrected chi connectivity index (χ2v) is 10.9. The van der Waals surface area contributed by atoms with Gasteiger partial charge in [-0.3, -0.25) is 14.5 Å². The summed E-state index contributed by atoms with van der Waals surface area (Å²) in [6.07, 6.45) is 0.407. The number of aromatic hydroxyl groups is 3. The lowest BCUT2D eigenvalue weighted by molar-refractivity contribution is -0.135. The second kappa shape index (κ2) is 9.85. The fraction of sp³-hybridized carbons (Fsp3) is 0.0833. The van der Waals surface area contributed by atoms with Crippen molar-refractivity contribution in [2.75, 3.05) is 6.54 Å². The Morgan fingerprint density at radius 2 is 1.03 bits per heavy atom. The summed E-state index contributed by atoms with van der Waals surface area (Å²) in [7, 11) is 0. The molecule has 34 heavy (non-hydrogen) atoms. The Kier molecular flexibility index (Phi) is 7.23. The summed E-state index contributed by atoms with van der Waals surface area (Å²) in [6, 6.07) is 12.9. The minimum Gasteiger partial charge on any atom is -0.508 e. The van der Waals surface area contributed by atoms with Crippen molar-refractivity contribution in [3.63, 3.8) is 0 Å². The van der Waals surface area contributed by atoms with Crippen LogP contribution >= 0.6 is 63.7 Å². The average Bonchev–Trinajstić information content (AvgIpc) is 3.04. The molecule has 0 aromatic heterocycles.